The molecule has 0 radical (unpaired) electrons. The van der Waals surface area contributed by atoms with Crippen molar-refractivity contribution in [2.45, 2.75) is 32.2 Å². The first kappa shape index (κ1) is 9.00. The van der Waals surface area contributed by atoms with Gasteiger partial charge in [0.2, 0.25) is 5.91 Å². The lowest BCUT2D eigenvalue weighted by Crippen LogP contribution is -2.51. The zero-order valence-electron chi connectivity index (χ0n) is 8.38. The van der Waals surface area contributed by atoms with E-state index in [4.69, 9.17) is 4.74 Å². The van der Waals surface area contributed by atoms with Gasteiger partial charge in [-0.2, -0.15) is 0 Å². The van der Waals surface area contributed by atoms with Gasteiger partial charge in [0.1, 0.15) is 0 Å². The summed E-state index contributed by atoms with van der Waals surface area (Å²) in [5, 5.41) is 0. The predicted octanol–water partition coefficient (Wildman–Crippen LogP) is 1.03. The van der Waals surface area contributed by atoms with E-state index in [0.29, 0.717) is 12.5 Å². The normalized spacial score (nSPS) is 25.3. The van der Waals surface area contributed by atoms with Gasteiger partial charge in [0.25, 0.3) is 0 Å². The summed E-state index contributed by atoms with van der Waals surface area (Å²) >= 11 is 0. The molecule has 74 valence electrons. The van der Waals surface area contributed by atoms with E-state index in [2.05, 4.69) is 0 Å². The van der Waals surface area contributed by atoms with Crippen molar-refractivity contribution >= 4 is 5.91 Å². The Balaban J connectivity index is 2.08. The van der Waals surface area contributed by atoms with E-state index in [1.165, 1.54) is 0 Å². The Morgan fingerprint density at radius 2 is 2.15 bits per heavy atom. The smallest absolute Gasteiger partial charge is 0.225 e. The van der Waals surface area contributed by atoms with Gasteiger partial charge in [0.15, 0.2) is 0 Å². The highest BCUT2D eigenvalue weighted by Crippen LogP contribution is 2.44. The van der Waals surface area contributed by atoms with E-state index in [0.717, 1.165) is 26.0 Å². The molecule has 2 rings (SSSR count). The van der Waals surface area contributed by atoms with Crippen molar-refractivity contribution in [1.29, 1.82) is 0 Å². The maximum absolute atomic E-state index is 11.8. The third kappa shape index (κ3) is 1.46. The van der Waals surface area contributed by atoms with Crippen LogP contribution in [0, 0.1) is 5.92 Å². The van der Waals surface area contributed by atoms with Gasteiger partial charge in [-0.25, -0.2) is 0 Å². The number of ether oxygens (including phenoxy) is 1. The topological polar surface area (TPSA) is 29.5 Å². The van der Waals surface area contributed by atoms with Crippen LogP contribution in [-0.4, -0.2) is 36.1 Å². The van der Waals surface area contributed by atoms with Crippen LogP contribution in [0.25, 0.3) is 0 Å². The fourth-order valence-electron chi connectivity index (χ4n) is 1.95. The first-order valence-electron chi connectivity index (χ1n) is 5.05. The van der Waals surface area contributed by atoms with Gasteiger partial charge in [-0.15, -0.1) is 0 Å². The summed E-state index contributed by atoms with van der Waals surface area (Å²) in [7, 11) is 0. The molecular formula is C10H17NO2. The molecule has 1 saturated heterocycles. The quantitative estimate of drug-likeness (QED) is 0.607. The van der Waals surface area contributed by atoms with Crippen molar-refractivity contribution in [3.05, 3.63) is 0 Å². The third-order valence-corrected chi connectivity index (χ3v) is 2.99. The number of morpholine rings is 1. The molecule has 0 unspecified atom stereocenters. The maximum Gasteiger partial charge on any atom is 0.225 e. The Kier molecular flexibility index (Phi) is 2.06. The van der Waals surface area contributed by atoms with E-state index < -0.39 is 0 Å². The van der Waals surface area contributed by atoms with Crippen LogP contribution >= 0.6 is 0 Å². The molecule has 0 aromatic carbocycles. The second-order valence-electron chi connectivity index (χ2n) is 4.42. The molecule has 13 heavy (non-hydrogen) atoms. The van der Waals surface area contributed by atoms with Crippen LogP contribution < -0.4 is 0 Å². The summed E-state index contributed by atoms with van der Waals surface area (Å²) in [5.41, 5.74) is 0.111. The van der Waals surface area contributed by atoms with Crippen LogP contribution in [0.15, 0.2) is 0 Å². The Morgan fingerprint density at radius 3 is 2.69 bits per heavy atom. The number of carbonyl (C=O) groups is 1. The third-order valence-electron chi connectivity index (χ3n) is 2.99. The van der Waals surface area contributed by atoms with Crippen LogP contribution in [0.4, 0.5) is 0 Å². The predicted molar refractivity (Wildman–Crippen MR) is 49.3 cm³/mol. The highest BCUT2D eigenvalue weighted by atomic mass is 16.5. The van der Waals surface area contributed by atoms with Crippen molar-refractivity contribution < 1.29 is 9.53 Å². The van der Waals surface area contributed by atoms with Crippen molar-refractivity contribution in [3.63, 3.8) is 0 Å². The minimum absolute atomic E-state index is 0.111. The molecule has 0 aromatic heterocycles. The standard InChI is InChI=1S/C10H17NO2/c1-8(2)9(12)11-5-6-13-7-10(11)3-4-10/h8H,3-7H2,1-2H3. The number of rotatable bonds is 1. The monoisotopic (exact) mass is 183 g/mol. The molecule has 1 spiro atoms. The van der Waals surface area contributed by atoms with Crippen LogP contribution in [0.3, 0.4) is 0 Å². The van der Waals surface area contributed by atoms with Gasteiger partial charge >= 0.3 is 0 Å². The molecule has 1 amide bonds. The van der Waals surface area contributed by atoms with Gasteiger partial charge in [0, 0.05) is 12.5 Å². The second kappa shape index (κ2) is 2.98. The Morgan fingerprint density at radius 1 is 1.46 bits per heavy atom. The largest absolute Gasteiger partial charge is 0.377 e. The number of nitrogens with zero attached hydrogens (tertiary/aromatic N) is 1. The molecule has 1 heterocycles. The van der Waals surface area contributed by atoms with E-state index in [1.807, 2.05) is 18.7 Å². The fraction of sp³-hybridized carbons (Fsp3) is 0.900. The minimum Gasteiger partial charge on any atom is -0.377 e. The summed E-state index contributed by atoms with van der Waals surface area (Å²) in [4.78, 5) is 13.9. The van der Waals surface area contributed by atoms with E-state index >= 15 is 0 Å². The van der Waals surface area contributed by atoms with Crippen LogP contribution in [0.1, 0.15) is 26.7 Å². The summed E-state index contributed by atoms with van der Waals surface area (Å²) in [5.74, 6) is 0.413. The van der Waals surface area contributed by atoms with Crippen molar-refractivity contribution in [2.24, 2.45) is 5.92 Å². The number of carbonyl (C=O) groups excluding carboxylic acids is 1. The molecular weight excluding hydrogens is 166 g/mol. The van der Waals surface area contributed by atoms with E-state index in [1.54, 1.807) is 0 Å². The van der Waals surface area contributed by atoms with E-state index in [-0.39, 0.29) is 11.5 Å². The van der Waals surface area contributed by atoms with Gasteiger partial charge in [-0.05, 0) is 12.8 Å². The lowest BCUT2D eigenvalue weighted by molar-refractivity contribution is -0.145. The summed E-state index contributed by atoms with van der Waals surface area (Å²) in [6.07, 6.45) is 2.26. The molecule has 1 saturated carbocycles. The lowest BCUT2D eigenvalue weighted by atomic mass is 10.1. The average molecular weight is 183 g/mol. The molecule has 0 bridgehead atoms. The van der Waals surface area contributed by atoms with Crippen LogP contribution in [-0.2, 0) is 9.53 Å². The zero-order valence-corrected chi connectivity index (χ0v) is 8.38. The first-order valence-corrected chi connectivity index (χ1v) is 5.05. The molecule has 0 N–H and O–H groups in total. The van der Waals surface area contributed by atoms with Crippen LogP contribution in [0.5, 0.6) is 0 Å². The molecule has 2 aliphatic rings. The summed E-state index contributed by atoms with van der Waals surface area (Å²) in [6.45, 7) is 6.18. The van der Waals surface area contributed by atoms with Crippen LogP contribution in [0.2, 0.25) is 0 Å². The number of hydrogen-bond donors (Lipinski definition) is 0. The van der Waals surface area contributed by atoms with Gasteiger partial charge in [-0.3, -0.25) is 4.79 Å². The zero-order chi connectivity index (χ0) is 9.47. The van der Waals surface area contributed by atoms with Gasteiger partial charge in [0.05, 0.1) is 18.8 Å². The fourth-order valence-corrected chi connectivity index (χ4v) is 1.95. The van der Waals surface area contributed by atoms with Crippen molar-refractivity contribution in [1.82, 2.24) is 4.90 Å². The molecule has 3 nitrogen and oxygen atoms in total. The summed E-state index contributed by atoms with van der Waals surface area (Å²) < 4.78 is 5.41. The highest BCUT2D eigenvalue weighted by Gasteiger charge is 2.52. The molecule has 3 heteroatoms. The molecule has 1 aliphatic carbocycles. The lowest BCUT2D eigenvalue weighted by Gasteiger charge is -2.37. The Hall–Kier alpha value is -0.570. The molecule has 1 aliphatic heterocycles. The first-order chi connectivity index (χ1) is 6.16. The second-order valence-corrected chi connectivity index (χ2v) is 4.42. The van der Waals surface area contributed by atoms with Crippen molar-refractivity contribution in [3.8, 4) is 0 Å². The highest BCUT2D eigenvalue weighted by molar-refractivity contribution is 5.79. The average Bonchev–Trinajstić information content (AvgIpc) is 2.85. The Labute approximate surface area is 79.0 Å². The minimum atomic E-state index is 0.111. The van der Waals surface area contributed by atoms with E-state index in [9.17, 15) is 4.79 Å². The van der Waals surface area contributed by atoms with Gasteiger partial charge < -0.3 is 9.64 Å². The number of hydrogen-bond acceptors (Lipinski definition) is 2. The maximum atomic E-state index is 11.8. The molecule has 0 atom stereocenters. The Bertz CT molecular complexity index is 221. The summed E-state index contributed by atoms with van der Waals surface area (Å²) in [6, 6.07) is 0. The number of amides is 1. The van der Waals surface area contributed by atoms with Crippen molar-refractivity contribution in [2.75, 3.05) is 19.8 Å². The molecule has 0 aromatic rings. The van der Waals surface area contributed by atoms with Gasteiger partial charge in [-0.1, -0.05) is 13.8 Å². The molecule has 2 fully saturated rings. The SMILES string of the molecule is CC(C)C(=O)N1CCOCC12CC2.